The molecule has 0 aromatic heterocycles. The highest BCUT2D eigenvalue weighted by atomic mass is 127. The van der Waals surface area contributed by atoms with Crippen molar-refractivity contribution in [3.8, 4) is 0 Å². The number of nitro benzene ring substituents is 1. The molecule has 2 rings (SSSR count). The van der Waals surface area contributed by atoms with E-state index in [1.165, 1.54) is 24.4 Å². The van der Waals surface area contributed by atoms with Crippen LogP contribution in [0, 0.1) is 13.7 Å². The fourth-order valence-corrected chi connectivity index (χ4v) is 3.29. The average Bonchev–Trinajstić information content (AvgIpc) is 2.60. The minimum atomic E-state index is -3.68. The van der Waals surface area contributed by atoms with E-state index in [4.69, 9.17) is 0 Å². The summed E-state index contributed by atoms with van der Waals surface area (Å²) < 4.78 is 25.9. The summed E-state index contributed by atoms with van der Waals surface area (Å²) in [5, 5.41) is 14.4. The predicted octanol–water partition coefficient (Wildman–Crippen LogP) is 2.12. The molecule has 27 heavy (non-hydrogen) atoms. The molecule has 0 bridgehead atoms. The molecule has 9 nitrogen and oxygen atoms in total. The van der Waals surface area contributed by atoms with Gasteiger partial charge in [-0.3, -0.25) is 19.2 Å². The topological polar surface area (TPSA) is 122 Å². The molecule has 0 radical (unpaired) electrons. The summed E-state index contributed by atoms with van der Waals surface area (Å²) in [6, 6.07) is 12.4. The van der Waals surface area contributed by atoms with E-state index < -0.39 is 27.4 Å². The van der Waals surface area contributed by atoms with Crippen LogP contribution in [0.15, 0.2) is 53.6 Å². The SMILES string of the molecule is CS(=O)(=O)N(CC(=O)N/N=C\c1cccc([N+](=O)[O-])c1)c1ccc(I)cc1. The number of benzene rings is 2. The molecule has 2 aromatic rings. The Hall–Kier alpha value is -2.54. The largest absolute Gasteiger partial charge is 0.271 e. The molecule has 0 fully saturated rings. The van der Waals surface area contributed by atoms with E-state index in [0.29, 0.717) is 11.3 Å². The van der Waals surface area contributed by atoms with Crippen LogP contribution in [0.4, 0.5) is 11.4 Å². The normalized spacial score (nSPS) is 11.3. The Balaban J connectivity index is 2.07. The molecule has 2 aromatic carbocycles. The highest BCUT2D eigenvalue weighted by molar-refractivity contribution is 14.1. The fourth-order valence-electron chi connectivity index (χ4n) is 2.07. The molecule has 0 unspecified atom stereocenters. The van der Waals surface area contributed by atoms with Gasteiger partial charge in [0.2, 0.25) is 10.0 Å². The van der Waals surface area contributed by atoms with Crippen LogP contribution in [0.2, 0.25) is 0 Å². The van der Waals surface area contributed by atoms with Gasteiger partial charge in [-0.05, 0) is 46.9 Å². The Kier molecular flexibility index (Phi) is 6.85. The maximum absolute atomic E-state index is 12.1. The van der Waals surface area contributed by atoms with Crippen molar-refractivity contribution in [3.63, 3.8) is 0 Å². The number of halogens is 1. The Labute approximate surface area is 169 Å². The van der Waals surface area contributed by atoms with Crippen molar-refractivity contribution in [2.24, 2.45) is 5.10 Å². The van der Waals surface area contributed by atoms with E-state index in [0.717, 1.165) is 14.1 Å². The lowest BCUT2D eigenvalue weighted by Crippen LogP contribution is -2.39. The minimum Gasteiger partial charge on any atom is -0.271 e. The van der Waals surface area contributed by atoms with Crippen LogP contribution in [0.25, 0.3) is 0 Å². The van der Waals surface area contributed by atoms with Crippen LogP contribution in [-0.4, -0.2) is 38.3 Å². The smallest absolute Gasteiger partial charge is 0.270 e. The first kappa shape index (κ1) is 20.8. The number of nitrogens with zero attached hydrogens (tertiary/aromatic N) is 3. The Bertz CT molecular complexity index is 977. The molecule has 0 aliphatic carbocycles. The highest BCUT2D eigenvalue weighted by Crippen LogP contribution is 2.18. The predicted molar refractivity (Wildman–Crippen MR) is 110 cm³/mol. The summed E-state index contributed by atoms with van der Waals surface area (Å²) >= 11 is 2.09. The number of hydrogen-bond acceptors (Lipinski definition) is 6. The lowest BCUT2D eigenvalue weighted by Gasteiger charge is -2.21. The lowest BCUT2D eigenvalue weighted by molar-refractivity contribution is -0.384. The number of anilines is 1. The minimum absolute atomic E-state index is 0.104. The second-order valence-corrected chi connectivity index (χ2v) is 8.54. The first-order chi connectivity index (χ1) is 12.7. The van der Waals surface area contributed by atoms with Crippen LogP contribution in [-0.2, 0) is 14.8 Å². The van der Waals surface area contributed by atoms with Gasteiger partial charge in [0.05, 0.1) is 23.1 Å². The zero-order valence-electron chi connectivity index (χ0n) is 14.1. The molecule has 1 amide bonds. The summed E-state index contributed by atoms with van der Waals surface area (Å²) in [4.78, 5) is 22.3. The fraction of sp³-hybridized carbons (Fsp3) is 0.125. The van der Waals surface area contributed by atoms with E-state index in [1.807, 2.05) is 0 Å². The van der Waals surface area contributed by atoms with Gasteiger partial charge in [-0.25, -0.2) is 13.8 Å². The molecule has 11 heteroatoms. The first-order valence-electron chi connectivity index (χ1n) is 7.46. The molecule has 0 saturated carbocycles. The van der Waals surface area contributed by atoms with Gasteiger partial charge in [-0.1, -0.05) is 12.1 Å². The lowest BCUT2D eigenvalue weighted by atomic mass is 10.2. The van der Waals surface area contributed by atoms with Crippen LogP contribution in [0.3, 0.4) is 0 Å². The molecule has 0 heterocycles. The molecule has 142 valence electrons. The van der Waals surface area contributed by atoms with Crippen LogP contribution in [0.5, 0.6) is 0 Å². The summed E-state index contributed by atoms with van der Waals surface area (Å²) in [7, 11) is -3.68. The monoisotopic (exact) mass is 502 g/mol. The zero-order valence-corrected chi connectivity index (χ0v) is 17.0. The number of non-ortho nitro benzene ring substituents is 1. The van der Waals surface area contributed by atoms with Crippen molar-refractivity contribution in [3.05, 3.63) is 67.8 Å². The van der Waals surface area contributed by atoms with Crippen molar-refractivity contribution in [1.82, 2.24) is 5.43 Å². The van der Waals surface area contributed by atoms with E-state index in [9.17, 15) is 23.3 Å². The molecule has 0 aliphatic heterocycles. The van der Waals surface area contributed by atoms with Crippen molar-refractivity contribution >= 4 is 56.1 Å². The number of hydrazone groups is 1. The van der Waals surface area contributed by atoms with Gasteiger partial charge in [-0.2, -0.15) is 5.10 Å². The van der Waals surface area contributed by atoms with Crippen LogP contribution >= 0.6 is 22.6 Å². The van der Waals surface area contributed by atoms with Crippen molar-refractivity contribution in [2.45, 2.75) is 0 Å². The number of nitro groups is 1. The van der Waals surface area contributed by atoms with Crippen LogP contribution in [0.1, 0.15) is 5.56 Å². The second kappa shape index (κ2) is 8.90. The summed E-state index contributed by atoms with van der Waals surface area (Å²) in [6.45, 7) is -0.453. The molecule has 0 spiro atoms. The quantitative estimate of drug-likeness (QED) is 0.269. The summed E-state index contributed by atoms with van der Waals surface area (Å²) in [5.41, 5.74) is 2.89. The van der Waals surface area contributed by atoms with Crippen molar-refractivity contribution < 1.29 is 18.1 Å². The number of carbonyl (C=O) groups excluding carboxylic acids is 1. The van der Waals surface area contributed by atoms with Gasteiger partial charge < -0.3 is 0 Å². The second-order valence-electron chi connectivity index (χ2n) is 5.39. The molecular formula is C16H15IN4O5S. The summed E-state index contributed by atoms with van der Waals surface area (Å²) in [6.07, 6.45) is 2.24. The third-order valence-electron chi connectivity index (χ3n) is 3.29. The zero-order chi connectivity index (χ0) is 20.0. The maximum Gasteiger partial charge on any atom is 0.270 e. The van der Waals surface area contributed by atoms with Gasteiger partial charge in [0.1, 0.15) is 6.54 Å². The molecule has 0 saturated heterocycles. The number of rotatable bonds is 7. The van der Waals surface area contributed by atoms with Gasteiger partial charge in [0, 0.05) is 21.3 Å². The number of carbonyl (C=O) groups is 1. The average molecular weight is 502 g/mol. The number of sulfonamides is 1. The Morgan fingerprint density at radius 2 is 1.96 bits per heavy atom. The van der Waals surface area contributed by atoms with Crippen molar-refractivity contribution in [1.29, 1.82) is 0 Å². The first-order valence-corrected chi connectivity index (χ1v) is 10.4. The van der Waals surface area contributed by atoms with Gasteiger partial charge in [-0.15, -0.1) is 0 Å². The van der Waals surface area contributed by atoms with Gasteiger partial charge in [0.25, 0.3) is 11.6 Å². The third kappa shape index (κ3) is 6.29. The maximum atomic E-state index is 12.1. The van der Waals surface area contributed by atoms with Gasteiger partial charge >= 0.3 is 0 Å². The Morgan fingerprint density at radius 3 is 2.56 bits per heavy atom. The molecule has 0 aliphatic rings. The molecule has 0 atom stereocenters. The summed E-state index contributed by atoms with van der Waals surface area (Å²) in [5.74, 6) is -0.652. The van der Waals surface area contributed by atoms with E-state index >= 15 is 0 Å². The number of amides is 1. The standard InChI is InChI=1S/C16H15IN4O5S/c1-27(25,26)20(14-7-5-13(17)6-8-14)11-16(22)19-18-10-12-3-2-4-15(9-12)21(23)24/h2-10H,11H2,1H3,(H,19,22)/b18-10-. The van der Waals surface area contributed by atoms with E-state index in [-0.39, 0.29) is 5.69 Å². The van der Waals surface area contributed by atoms with E-state index in [1.54, 1.807) is 30.3 Å². The number of hydrogen-bond donors (Lipinski definition) is 1. The third-order valence-corrected chi connectivity index (χ3v) is 5.15. The molecule has 1 N–H and O–H groups in total. The van der Waals surface area contributed by atoms with E-state index in [2.05, 4.69) is 33.1 Å². The number of nitrogens with one attached hydrogen (secondary N) is 1. The molecular weight excluding hydrogens is 487 g/mol. The van der Waals surface area contributed by atoms with Crippen LogP contribution < -0.4 is 9.73 Å². The van der Waals surface area contributed by atoms with Gasteiger partial charge in [0.15, 0.2) is 0 Å². The highest BCUT2D eigenvalue weighted by Gasteiger charge is 2.20. The van der Waals surface area contributed by atoms with Crippen molar-refractivity contribution in [2.75, 3.05) is 17.1 Å². The Morgan fingerprint density at radius 1 is 1.30 bits per heavy atom.